The van der Waals surface area contributed by atoms with Crippen LogP contribution in [0.25, 0.3) is 0 Å². The summed E-state index contributed by atoms with van der Waals surface area (Å²) in [5.41, 5.74) is 1.83. The normalized spacial score (nSPS) is 17.1. The van der Waals surface area contributed by atoms with Gasteiger partial charge < -0.3 is 15.1 Å². The van der Waals surface area contributed by atoms with Crippen LogP contribution in [0.3, 0.4) is 0 Å². The summed E-state index contributed by atoms with van der Waals surface area (Å²) >= 11 is 5.19. The molecule has 3 rings (SSSR count). The van der Waals surface area contributed by atoms with Gasteiger partial charge in [-0.05, 0) is 48.1 Å². The van der Waals surface area contributed by atoms with Crippen molar-refractivity contribution < 1.29 is 9.21 Å². The molecule has 1 aliphatic heterocycles. The van der Waals surface area contributed by atoms with Gasteiger partial charge in [-0.1, -0.05) is 11.8 Å². The van der Waals surface area contributed by atoms with Crippen LogP contribution in [0.2, 0.25) is 0 Å². The van der Waals surface area contributed by atoms with E-state index < -0.39 is 0 Å². The average Bonchev–Trinajstić information content (AvgIpc) is 2.93. The van der Waals surface area contributed by atoms with Gasteiger partial charge in [-0.25, -0.2) is 0 Å². The Hall–Kier alpha value is -1.24. The van der Waals surface area contributed by atoms with E-state index in [1.165, 1.54) is 0 Å². The van der Waals surface area contributed by atoms with Crippen molar-refractivity contribution in [2.75, 3.05) is 12.4 Å². The molecule has 0 radical (unpaired) electrons. The third-order valence-electron chi connectivity index (χ3n) is 3.25. The van der Waals surface area contributed by atoms with Crippen LogP contribution in [0, 0.1) is 6.92 Å². The lowest BCUT2D eigenvalue weighted by Gasteiger charge is -2.09. The predicted octanol–water partition coefficient (Wildman–Crippen LogP) is 3.71. The minimum atomic E-state index is -0.281. The van der Waals surface area contributed by atoms with E-state index in [1.807, 2.05) is 25.1 Å². The highest BCUT2D eigenvalue weighted by Crippen LogP contribution is 2.42. The lowest BCUT2D eigenvalue weighted by atomic mass is 10.1. The number of aryl methyl sites for hydroxylation is 1. The zero-order valence-electron chi connectivity index (χ0n) is 11.0. The molecule has 1 amide bonds. The summed E-state index contributed by atoms with van der Waals surface area (Å²) in [5, 5.41) is 5.92. The summed E-state index contributed by atoms with van der Waals surface area (Å²) in [4.78, 5) is 14.0. The number of fused-ring (bicyclic) bond motifs is 1. The molecular formula is C14H13BrN2O2S. The largest absolute Gasteiger partial charge is 0.468 e. The first kappa shape index (κ1) is 13.7. The van der Waals surface area contributed by atoms with E-state index in [-0.39, 0.29) is 11.9 Å². The van der Waals surface area contributed by atoms with Gasteiger partial charge in [0.25, 0.3) is 0 Å². The van der Waals surface area contributed by atoms with Crippen molar-refractivity contribution in [3.63, 3.8) is 0 Å². The zero-order valence-corrected chi connectivity index (χ0v) is 13.4. The average molecular weight is 353 g/mol. The maximum atomic E-state index is 11.8. The van der Waals surface area contributed by atoms with E-state index in [0.29, 0.717) is 0 Å². The molecule has 1 aromatic carbocycles. The maximum Gasteiger partial charge on any atom is 0.246 e. The summed E-state index contributed by atoms with van der Waals surface area (Å²) in [5.74, 6) is 0.871. The highest BCUT2D eigenvalue weighted by molar-refractivity contribution is 9.10. The van der Waals surface area contributed by atoms with Crippen LogP contribution >= 0.6 is 27.7 Å². The number of rotatable bonds is 3. The van der Waals surface area contributed by atoms with Gasteiger partial charge in [-0.3, -0.25) is 4.79 Å². The molecule has 0 aliphatic carbocycles. The van der Waals surface area contributed by atoms with Crippen LogP contribution in [0.4, 0.5) is 5.69 Å². The number of anilines is 1. The Bertz CT molecular complexity index is 684. The number of likely N-dealkylation sites (N-methyl/N-ethyl adjacent to an activating group) is 1. The van der Waals surface area contributed by atoms with Crippen LogP contribution < -0.4 is 10.6 Å². The molecule has 2 aromatic rings. The quantitative estimate of drug-likeness (QED) is 0.883. The lowest BCUT2D eigenvalue weighted by molar-refractivity contribution is -0.117. The fourth-order valence-electron chi connectivity index (χ4n) is 2.22. The van der Waals surface area contributed by atoms with Gasteiger partial charge in [0.05, 0.1) is 11.2 Å². The van der Waals surface area contributed by atoms with Crippen LogP contribution in [0.1, 0.15) is 17.4 Å². The van der Waals surface area contributed by atoms with Gasteiger partial charge in [-0.15, -0.1) is 0 Å². The fraction of sp³-hybridized carbons (Fsp3) is 0.214. The van der Waals surface area contributed by atoms with Crippen molar-refractivity contribution in [1.82, 2.24) is 5.32 Å². The Morgan fingerprint density at radius 1 is 1.40 bits per heavy atom. The minimum absolute atomic E-state index is 0.0176. The number of carbonyl (C=O) groups excluding carboxylic acids is 1. The third kappa shape index (κ3) is 2.28. The Morgan fingerprint density at radius 2 is 2.20 bits per heavy atom. The number of furan rings is 1. The number of halogens is 1. The van der Waals surface area contributed by atoms with Crippen LogP contribution in [-0.4, -0.2) is 13.0 Å². The molecule has 6 heteroatoms. The standard InChI is InChI=1S/C14H13BrN2O2S/c1-7-11(3-4-19-7)20-12-6-10-8(5-9(12)15)13(16-2)14(18)17-10/h3-6,13,16H,1-2H3,(H,17,18). The SMILES string of the molecule is CNC1C(=O)Nc2cc(Sc3ccoc3C)c(Br)cc21. The van der Waals surface area contributed by atoms with E-state index in [0.717, 1.165) is 31.3 Å². The van der Waals surface area contributed by atoms with Gasteiger partial charge in [0.2, 0.25) is 5.91 Å². The molecule has 1 unspecified atom stereocenters. The van der Waals surface area contributed by atoms with Gasteiger partial charge in [0.15, 0.2) is 0 Å². The molecule has 4 nitrogen and oxygen atoms in total. The van der Waals surface area contributed by atoms with E-state index in [1.54, 1.807) is 25.1 Å². The van der Waals surface area contributed by atoms with Gasteiger partial charge in [-0.2, -0.15) is 0 Å². The van der Waals surface area contributed by atoms with Gasteiger partial charge in [0, 0.05) is 20.6 Å². The summed E-state index contributed by atoms with van der Waals surface area (Å²) in [6.07, 6.45) is 1.68. The lowest BCUT2D eigenvalue weighted by Crippen LogP contribution is -2.23. The summed E-state index contributed by atoms with van der Waals surface area (Å²) in [7, 11) is 1.78. The highest BCUT2D eigenvalue weighted by Gasteiger charge is 2.30. The minimum Gasteiger partial charge on any atom is -0.468 e. The number of hydrogen-bond acceptors (Lipinski definition) is 4. The molecule has 20 heavy (non-hydrogen) atoms. The molecule has 0 saturated carbocycles. The van der Waals surface area contributed by atoms with E-state index in [4.69, 9.17) is 4.42 Å². The first-order valence-corrected chi connectivity index (χ1v) is 7.74. The molecule has 1 aromatic heterocycles. The highest BCUT2D eigenvalue weighted by atomic mass is 79.9. The molecule has 0 spiro atoms. The Balaban J connectivity index is 1.98. The second-order valence-electron chi connectivity index (χ2n) is 4.52. The predicted molar refractivity (Wildman–Crippen MR) is 82.1 cm³/mol. The zero-order chi connectivity index (χ0) is 14.3. The number of hydrogen-bond donors (Lipinski definition) is 2. The van der Waals surface area contributed by atoms with Gasteiger partial charge in [0.1, 0.15) is 11.8 Å². The molecule has 0 bridgehead atoms. The fourth-order valence-corrected chi connectivity index (χ4v) is 3.71. The smallest absolute Gasteiger partial charge is 0.246 e. The van der Waals surface area contributed by atoms with Crippen molar-refractivity contribution in [2.45, 2.75) is 22.8 Å². The second-order valence-corrected chi connectivity index (χ2v) is 6.46. The Labute approximate surface area is 129 Å². The van der Waals surface area contributed by atoms with E-state index in [2.05, 4.69) is 26.6 Å². The molecule has 1 atom stereocenters. The van der Waals surface area contributed by atoms with Crippen molar-refractivity contribution in [3.05, 3.63) is 40.3 Å². The summed E-state index contributed by atoms with van der Waals surface area (Å²) in [6, 6.07) is 5.64. The van der Waals surface area contributed by atoms with Crippen LogP contribution in [0.5, 0.6) is 0 Å². The number of amides is 1. The molecule has 2 N–H and O–H groups in total. The van der Waals surface area contributed by atoms with Crippen molar-refractivity contribution in [3.8, 4) is 0 Å². The third-order valence-corrected chi connectivity index (χ3v) is 5.37. The molecule has 104 valence electrons. The van der Waals surface area contributed by atoms with Crippen LogP contribution in [0.15, 0.2) is 43.1 Å². The summed E-state index contributed by atoms with van der Waals surface area (Å²) < 4.78 is 6.28. The number of nitrogens with one attached hydrogen (secondary N) is 2. The van der Waals surface area contributed by atoms with Crippen molar-refractivity contribution >= 4 is 39.3 Å². The Morgan fingerprint density at radius 3 is 2.85 bits per heavy atom. The first-order chi connectivity index (χ1) is 9.60. The van der Waals surface area contributed by atoms with Gasteiger partial charge >= 0.3 is 0 Å². The number of carbonyl (C=O) groups is 1. The Kier molecular flexibility index (Phi) is 3.62. The monoisotopic (exact) mass is 352 g/mol. The van der Waals surface area contributed by atoms with E-state index in [9.17, 15) is 4.79 Å². The van der Waals surface area contributed by atoms with Crippen molar-refractivity contribution in [1.29, 1.82) is 0 Å². The second kappa shape index (κ2) is 5.27. The molecule has 0 saturated heterocycles. The number of benzene rings is 1. The first-order valence-electron chi connectivity index (χ1n) is 6.13. The molecular weight excluding hydrogens is 340 g/mol. The van der Waals surface area contributed by atoms with Crippen molar-refractivity contribution in [2.24, 2.45) is 0 Å². The van der Waals surface area contributed by atoms with Crippen LogP contribution in [-0.2, 0) is 4.79 Å². The molecule has 1 aliphatic rings. The molecule has 2 heterocycles. The molecule has 0 fully saturated rings. The van der Waals surface area contributed by atoms with E-state index >= 15 is 0 Å². The maximum absolute atomic E-state index is 11.8. The summed E-state index contributed by atoms with van der Waals surface area (Å²) in [6.45, 7) is 1.93. The topological polar surface area (TPSA) is 54.3 Å².